The summed E-state index contributed by atoms with van der Waals surface area (Å²) in [6.45, 7) is 2.81. The van der Waals surface area contributed by atoms with Gasteiger partial charge in [-0.25, -0.2) is 0 Å². The number of carbonyl (C=O) groups is 1. The molecule has 1 heterocycles. The summed E-state index contributed by atoms with van der Waals surface area (Å²) in [4.78, 5) is 12.4. The van der Waals surface area contributed by atoms with E-state index < -0.39 is 0 Å². The Labute approximate surface area is 141 Å². The highest BCUT2D eigenvalue weighted by atomic mass is 16.1. The molecule has 0 fully saturated rings. The first-order valence-corrected chi connectivity index (χ1v) is 8.17. The molecular weight excluding hydrogens is 298 g/mol. The molecule has 1 atom stereocenters. The molecule has 3 rings (SSSR count). The first-order valence-electron chi connectivity index (χ1n) is 8.17. The highest BCUT2D eigenvalue weighted by Crippen LogP contribution is 2.21. The van der Waals surface area contributed by atoms with E-state index in [1.54, 1.807) is 6.20 Å². The Hall–Kier alpha value is -2.88. The van der Waals surface area contributed by atoms with E-state index >= 15 is 0 Å². The highest BCUT2D eigenvalue weighted by Gasteiger charge is 2.15. The Bertz CT molecular complexity index is 781. The zero-order chi connectivity index (χ0) is 16.8. The van der Waals surface area contributed by atoms with E-state index in [9.17, 15) is 4.79 Å². The Morgan fingerprint density at radius 3 is 2.46 bits per heavy atom. The number of benzene rings is 2. The second kappa shape index (κ2) is 7.59. The van der Waals surface area contributed by atoms with Crippen LogP contribution in [-0.2, 0) is 0 Å². The van der Waals surface area contributed by atoms with Crippen molar-refractivity contribution in [3.8, 4) is 11.3 Å². The molecule has 4 nitrogen and oxygen atoms in total. The van der Waals surface area contributed by atoms with Crippen LogP contribution in [0.5, 0.6) is 0 Å². The summed E-state index contributed by atoms with van der Waals surface area (Å²) in [5, 5.41) is 9.94. The van der Waals surface area contributed by atoms with Crippen LogP contribution in [0.1, 0.15) is 35.2 Å². The zero-order valence-corrected chi connectivity index (χ0v) is 13.7. The molecule has 122 valence electrons. The number of nitrogens with one attached hydrogen (secondary N) is 2. The summed E-state index contributed by atoms with van der Waals surface area (Å²) in [5.74, 6) is 0.312. The number of amides is 1. The third kappa shape index (κ3) is 3.71. The van der Waals surface area contributed by atoms with Gasteiger partial charge in [0, 0.05) is 12.1 Å². The normalized spacial score (nSPS) is 11.9. The maximum atomic E-state index is 12.4. The molecule has 1 unspecified atom stereocenters. The van der Waals surface area contributed by atoms with Crippen LogP contribution in [0.4, 0.5) is 0 Å². The fourth-order valence-electron chi connectivity index (χ4n) is 2.73. The van der Waals surface area contributed by atoms with Gasteiger partial charge in [-0.1, -0.05) is 67.6 Å². The molecule has 3 aromatic rings. The Morgan fingerprint density at radius 1 is 1.08 bits per heavy atom. The third-order valence-electron chi connectivity index (χ3n) is 4.18. The number of rotatable bonds is 6. The Morgan fingerprint density at radius 2 is 1.75 bits per heavy atom. The predicted octanol–water partition coefficient (Wildman–Crippen LogP) is 4.00. The fourth-order valence-corrected chi connectivity index (χ4v) is 2.73. The Balaban J connectivity index is 1.60. The molecule has 0 spiro atoms. The van der Waals surface area contributed by atoms with Gasteiger partial charge in [-0.15, -0.1) is 0 Å². The first-order chi connectivity index (χ1) is 11.8. The lowest BCUT2D eigenvalue weighted by molar-refractivity contribution is 0.0953. The van der Waals surface area contributed by atoms with Gasteiger partial charge in [0.05, 0.1) is 17.5 Å². The highest BCUT2D eigenvalue weighted by molar-refractivity contribution is 5.99. The molecule has 0 saturated heterocycles. The van der Waals surface area contributed by atoms with Crippen LogP contribution in [0.3, 0.4) is 0 Å². The minimum absolute atomic E-state index is 0.0946. The van der Waals surface area contributed by atoms with Crippen LogP contribution < -0.4 is 5.32 Å². The van der Waals surface area contributed by atoms with Gasteiger partial charge in [0.2, 0.25) is 0 Å². The van der Waals surface area contributed by atoms with Crippen molar-refractivity contribution in [1.82, 2.24) is 15.5 Å². The summed E-state index contributed by atoms with van der Waals surface area (Å²) in [7, 11) is 0. The number of hydrogen-bond donors (Lipinski definition) is 2. The van der Waals surface area contributed by atoms with Gasteiger partial charge in [0.25, 0.3) is 5.91 Å². The van der Waals surface area contributed by atoms with Crippen LogP contribution in [0.15, 0.2) is 66.9 Å². The van der Waals surface area contributed by atoms with Gasteiger partial charge >= 0.3 is 0 Å². The Kier molecular flexibility index (Phi) is 5.06. The summed E-state index contributed by atoms with van der Waals surface area (Å²) in [5.41, 5.74) is 3.58. The van der Waals surface area contributed by atoms with E-state index in [2.05, 4.69) is 34.6 Å². The van der Waals surface area contributed by atoms with Crippen LogP contribution in [0.2, 0.25) is 0 Å². The van der Waals surface area contributed by atoms with E-state index in [4.69, 9.17) is 0 Å². The quantitative estimate of drug-likeness (QED) is 0.721. The molecule has 1 aromatic heterocycles. The molecular formula is C20H21N3O. The van der Waals surface area contributed by atoms with Crippen LogP contribution in [-0.4, -0.2) is 22.6 Å². The van der Waals surface area contributed by atoms with Crippen molar-refractivity contribution >= 4 is 5.91 Å². The van der Waals surface area contributed by atoms with Crippen molar-refractivity contribution in [2.24, 2.45) is 0 Å². The zero-order valence-electron chi connectivity index (χ0n) is 13.7. The van der Waals surface area contributed by atoms with Gasteiger partial charge < -0.3 is 5.32 Å². The average molecular weight is 319 g/mol. The molecule has 0 aliphatic rings. The topological polar surface area (TPSA) is 57.8 Å². The molecule has 0 bridgehead atoms. The minimum Gasteiger partial charge on any atom is -0.352 e. The molecule has 0 radical (unpaired) electrons. The van der Waals surface area contributed by atoms with Gasteiger partial charge in [0.15, 0.2) is 0 Å². The maximum absolute atomic E-state index is 12.4. The molecule has 0 aliphatic carbocycles. The summed E-state index contributed by atoms with van der Waals surface area (Å²) < 4.78 is 0. The number of nitrogens with zero attached hydrogens (tertiary/aromatic N) is 1. The second-order valence-electron chi connectivity index (χ2n) is 5.88. The molecule has 2 N–H and O–H groups in total. The lowest BCUT2D eigenvalue weighted by Gasteiger charge is -2.12. The van der Waals surface area contributed by atoms with Crippen molar-refractivity contribution in [1.29, 1.82) is 0 Å². The maximum Gasteiger partial charge on any atom is 0.255 e. The van der Waals surface area contributed by atoms with Crippen molar-refractivity contribution < 1.29 is 4.79 Å². The molecule has 2 aromatic carbocycles. The molecule has 4 heteroatoms. The number of H-pyrrole nitrogens is 1. The van der Waals surface area contributed by atoms with Gasteiger partial charge in [0.1, 0.15) is 0 Å². The molecule has 1 amide bonds. The van der Waals surface area contributed by atoms with Crippen LogP contribution in [0, 0.1) is 0 Å². The summed E-state index contributed by atoms with van der Waals surface area (Å²) >= 11 is 0. The van der Waals surface area contributed by atoms with Crippen molar-refractivity contribution in [2.45, 2.75) is 19.3 Å². The molecule has 0 aliphatic heterocycles. The van der Waals surface area contributed by atoms with Crippen molar-refractivity contribution in [2.75, 3.05) is 6.54 Å². The minimum atomic E-state index is -0.0946. The van der Waals surface area contributed by atoms with E-state index in [1.165, 1.54) is 5.56 Å². The first kappa shape index (κ1) is 16.0. The smallest absolute Gasteiger partial charge is 0.255 e. The van der Waals surface area contributed by atoms with E-state index in [1.807, 2.05) is 48.5 Å². The molecule has 24 heavy (non-hydrogen) atoms. The van der Waals surface area contributed by atoms with Crippen LogP contribution in [0.25, 0.3) is 11.3 Å². The van der Waals surface area contributed by atoms with Crippen molar-refractivity contribution in [3.63, 3.8) is 0 Å². The predicted molar refractivity (Wildman–Crippen MR) is 95.8 cm³/mol. The SMILES string of the molecule is CC(CCNC(=O)c1cn[nH]c1-c1ccccc1)c1ccccc1. The third-order valence-corrected chi connectivity index (χ3v) is 4.18. The lowest BCUT2D eigenvalue weighted by atomic mass is 9.98. The van der Waals surface area contributed by atoms with Crippen LogP contribution >= 0.6 is 0 Å². The average Bonchev–Trinajstić information content (AvgIpc) is 3.13. The number of aromatic nitrogens is 2. The van der Waals surface area contributed by atoms with Gasteiger partial charge in [-0.2, -0.15) is 5.10 Å². The summed E-state index contributed by atoms with van der Waals surface area (Å²) in [6.07, 6.45) is 2.48. The number of aromatic amines is 1. The van der Waals surface area contributed by atoms with Gasteiger partial charge in [-0.3, -0.25) is 9.89 Å². The number of carbonyl (C=O) groups excluding carboxylic acids is 1. The van der Waals surface area contributed by atoms with E-state index in [0.29, 0.717) is 18.0 Å². The molecule has 0 saturated carbocycles. The fraction of sp³-hybridized carbons (Fsp3) is 0.200. The lowest BCUT2D eigenvalue weighted by Crippen LogP contribution is -2.25. The standard InChI is InChI=1S/C20H21N3O/c1-15(16-8-4-2-5-9-16)12-13-21-20(24)18-14-22-23-19(18)17-10-6-3-7-11-17/h2-11,14-15H,12-13H2,1H3,(H,21,24)(H,22,23). The van der Waals surface area contributed by atoms with Gasteiger partial charge in [-0.05, 0) is 17.9 Å². The largest absolute Gasteiger partial charge is 0.352 e. The second-order valence-corrected chi connectivity index (χ2v) is 5.88. The summed E-state index contributed by atoms with van der Waals surface area (Å²) in [6, 6.07) is 20.1. The van der Waals surface area contributed by atoms with Crippen molar-refractivity contribution in [3.05, 3.63) is 78.0 Å². The van der Waals surface area contributed by atoms with E-state index in [-0.39, 0.29) is 5.91 Å². The van der Waals surface area contributed by atoms with E-state index in [0.717, 1.165) is 17.7 Å². The number of hydrogen-bond acceptors (Lipinski definition) is 2. The monoisotopic (exact) mass is 319 g/mol.